The lowest BCUT2D eigenvalue weighted by atomic mass is 10.1. The maximum absolute atomic E-state index is 12.1. The highest BCUT2D eigenvalue weighted by Crippen LogP contribution is 2.20. The van der Waals surface area contributed by atoms with Gasteiger partial charge in [-0.3, -0.25) is 4.79 Å². The number of aromatic nitrogens is 2. The zero-order valence-electron chi connectivity index (χ0n) is 13.3. The zero-order valence-corrected chi connectivity index (χ0v) is 14.1. The number of nitrogens with one attached hydrogen (secondary N) is 1. The normalized spacial score (nSPS) is 11.8. The summed E-state index contributed by atoms with van der Waals surface area (Å²) in [6.45, 7) is 2.25. The first-order chi connectivity index (χ1) is 11.0. The van der Waals surface area contributed by atoms with Crippen LogP contribution in [0.15, 0.2) is 41.8 Å². The molecule has 2 aromatic rings. The van der Waals surface area contributed by atoms with E-state index in [0.29, 0.717) is 12.1 Å². The van der Waals surface area contributed by atoms with Crippen molar-refractivity contribution in [2.24, 2.45) is 7.05 Å². The summed E-state index contributed by atoms with van der Waals surface area (Å²) in [5.74, 6) is -0.435. The number of methoxy groups -OCH3 is 1. The minimum absolute atomic E-state index is 0.0601. The molecular formula is C16H19N3O3S. The van der Waals surface area contributed by atoms with E-state index in [1.165, 1.54) is 18.9 Å². The van der Waals surface area contributed by atoms with Gasteiger partial charge in [0.2, 0.25) is 5.91 Å². The molecule has 1 unspecified atom stereocenters. The van der Waals surface area contributed by atoms with Gasteiger partial charge < -0.3 is 14.6 Å². The van der Waals surface area contributed by atoms with Gasteiger partial charge in [-0.15, -0.1) is 0 Å². The molecule has 7 heteroatoms. The highest BCUT2D eigenvalue weighted by Gasteiger charge is 2.16. The summed E-state index contributed by atoms with van der Waals surface area (Å²) in [5.41, 5.74) is 1.40. The van der Waals surface area contributed by atoms with Crippen LogP contribution >= 0.6 is 11.8 Å². The number of carbonyl (C=O) groups is 2. The van der Waals surface area contributed by atoms with Crippen molar-refractivity contribution in [3.05, 3.63) is 47.8 Å². The van der Waals surface area contributed by atoms with Crippen molar-refractivity contribution >= 4 is 23.6 Å². The van der Waals surface area contributed by atoms with Gasteiger partial charge in [0.1, 0.15) is 0 Å². The van der Waals surface area contributed by atoms with Crippen molar-refractivity contribution in [2.45, 2.75) is 23.9 Å². The van der Waals surface area contributed by atoms with Gasteiger partial charge in [0.15, 0.2) is 5.16 Å². The number of thioether (sulfide) groups is 1. The van der Waals surface area contributed by atoms with Crippen molar-refractivity contribution in [3.63, 3.8) is 0 Å². The van der Waals surface area contributed by atoms with E-state index in [2.05, 4.69) is 15.0 Å². The van der Waals surface area contributed by atoms with Gasteiger partial charge in [-0.25, -0.2) is 9.78 Å². The average molecular weight is 333 g/mol. The molecule has 2 rings (SSSR count). The number of aryl methyl sites for hydroxylation is 1. The van der Waals surface area contributed by atoms with E-state index in [4.69, 9.17) is 0 Å². The maximum atomic E-state index is 12.1. The Morgan fingerprint density at radius 2 is 2.04 bits per heavy atom. The molecule has 6 nitrogen and oxygen atoms in total. The molecule has 0 aliphatic rings. The molecule has 0 saturated carbocycles. The highest BCUT2D eigenvalue weighted by atomic mass is 32.2. The standard InChI is InChI=1S/C16H19N3O3S/c1-11(23-16-17-8-9-19(16)2)14(20)18-10-12-4-6-13(7-5-12)15(21)22-3/h4-9,11H,10H2,1-3H3,(H,18,20). The largest absolute Gasteiger partial charge is 0.465 e. The van der Waals surface area contributed by atoms with Gasteiger partial charge in [-0.05, 0) is 24.6 Å². The van der Waals surface area contributed by atoms with E-state index in [-0.39, 0.29) is 17.1 Å². The Hall–Kier alpha value is -2.28. The topological polar surface area (TPSA) is 73.2 Å². The number of benzene rings is 1. The smallest absolute Gasteiger partial charge is 0.337 e. The van der Waals surface area contributed by atoms with Crippen molar-refractivity contribution in [2.75, 3.05) is 7.11 Å². The number of amides is 1. The monoisotopic (exact) mass is 333 g/mol. The van der Waals surface area contributed by atoms with Crippen LogP contribution in [0.3, 0.4) is 0 Å². The lowest BCUT2D eigenvalue weighted by Gasteiger charge is -2.12. The fourth-order valence-corrected chi connectivity index (χ4v) is 2.74. The first-order valence-electron chi connectivity index (χ1n) is 7.10. The maximum Gasteiger partial charge on any atom is 0.337 e. The van der Waals surface area contributed by atoms with Crippen LogP contribution in [0.25, 0.3) is 0 Å². The van der Waals surface area contributed by atoms with Crippen LogP contribution in [0.2, 0.25) is 0 Å². The van der Waals surface area contributed by atoms with Gasteiger partial charge >= 0.3 is 5.97 Å². The summed E-state index contributed by atoms with van der Waals surface area (Å²) >= 11 is 1.41. The van der Waals surface area contributed by atoms with Crippen molar-refractivity contribution in [3.8, 4) is 0 Å². The van der Waals surface area contributed by atoms with Crippen LogP contribution in [0.1, 0.15) is 22.8 Å². The SMILES string of the molecule is COC(=O)c1ccc(CNC(=O)C(C)Sc2nccn2C)cc1. The molecule has 23 heavy (non-hydrogen) atoms. The molecule has 0 spiro atoms. The van der Waals surface area contributed by atoms with E-state index in [1.54, 1.807) is 30.5 Å². The van der Waals surface area contributed by atoms with Crippen molar-refractivity contribution < 1.29 is 14.3 Å². The van der Waals surface area contributed by atoms with E-state index in [9.17, 15) is 9.59 Å². The van der Waals surface area contributed by atoms with E-state index in [0.717, 1.165) is 10.7 Å². The molecule has 0 saturated heterocycles. The van der Waals surface area contributed by atoms with E-state index >= 15 is 0 Å². The lowest BCUT2D eigenvalue weighted by Crippen LogP contribution is -2.30. The Balaban J connectivity index is 1.86. The second kappa shape index (κ2) is 7.82. The Morgan fingerprint density at radius 3 is 2.61 bits per heavy atom. The predicted octanol–water partition coefficient (Wildman–Crippen LogP) is 2.00. The minimum Gasteiger partial charge on any atom is -0.465 e. The van der Waals surface area contributed by atoms with E-state index in [1.807, 2.05) is 24.7 Å². The summed E-state index contributed by atoms with van der Waals surface area (Å²) in [4.78, 5) is 27.7. The first-order valence-corrected chi connectivity index (χ1v) is 7.98. The average Bonchev–Trinajstić information content (AvgIpc) is 2.97. The number of carbonyl (C=O) groups excluding carboxylic acids is 2. The third kappa shape index (κ3) is 4.59. The number of imidazole rings is 1. The van der Waals surface area contributed by atoms with Gasteiger partial charge in [0.25, 0.3) is 0 Å². The number of ether oxygens (including phenoxy) is 1. The van der Waals surface area contributed by atoms with Gasteiger partial charge in [0, 0.05) is 26.0 Å². The molecule has 1 amide bonds. The summed E-state index contributed by atoms with van der Waals surface area (Å²) in [6, 6.07) is 6.95. The fraction of sp³-hybridized carbons (Fsp3) is 0.312. The highest BCUT2D eigenvalue weighted by molar-refractivity contribution is 8.00. The van der Waals surface area contributed by atoms with Crippen LogP contribution in [0, 0.1) is 0 Å². The van der Waals surface area contributed by atoms with Crippen LogP contribution in [0.5, 0.6) is 0 Å². The molecule has 1 atom stereocenters. The molecule has 1 N–H and O–H groups in total. The number of hydrogen-bond donors (Lipinski definition) is 1. The van der Waals surface area contributed by atoms with Crippen molar-refractivity contribution in [1.29, 1.82) is 0 Å². The third-order valence-electron chi connectivity index (χ3n) is 3.27. The van der Waals surface area contributed by atoms with Gasteiger partial charge in [-0.1, -0.05) is 23.9 Å². The Labute approximate surface area is 139 Å². The summed E-state index contributed by atoms with van der Waals surface area (Å²) in [6.07, 6.45) is 3.55. The molecule has 0 bridgehead atoms. The Morgan fingerprint density at radius 1 is 1.35 bits per heavy atom. The second-order valence-electron chi connectivity index (χ2n) is 4.99. The molecule has 0 aliphatic heterocycles. The third-order valence-corrected chi connectivity index (χ3v) is 4.44. The zero-order chi connectivity index (χ0) is 16.8. The molecule has 0 aliphatic carbocycles. The lowest BCUT2D eigenvalue weighted by molar-refractivity contribution is -0.120. The van der Waals surface area contributed by atoms with Crippen LogP contribution < -0.4 is 5.32 Å². The Kier molecular flexibility index (Phi) is 5.81. The van der Waals surface area contributed by atoms with Crippen molar-refractivity contribution in [1.82, 2.24) is 14.9 Å². The number of nitrogens with zero attached hydrogens (tertiary/aromatic N) is 2. The van der Waals surface area contributed by atoms with Gasteiger partial charge in [0.05, 0.1) is 17.9 Å². The molecule has 122 valence electrons. The van der Waals surface area contributed by atoms with Gasteiger partial charge in [-0.2, -0.15) is 0 Å². The molecular weight excluding hydrogens is 314 g/mol. The summed E-state index contributed by atoms with van der Waals surface area (Å²) in [5, 5.41) is 3.44. The number of esters is 1. The Bertz CT molecular complexity index is 682. The molecule has 1 aromatic heterocycles. The quantitative estimate of drug-likeness (QED) is 0.646. The van der Waals surface area contributed by atoms with Crippen LogP contribution in [0.4, 0.5) is 0 Å². The summed E-state index contributed by atoms with van der Waals surface area (Å²) in [7, 11) is 3.24. The molecule has 0 radical (unpaired) electrons. The van der Waals surface area contributed by atoms with Crippen LogP contribution in [-0.2, 0) is 23.1 Å². The first kappa shape index (κ1) is 17.1. The summed E-state index contributed by atoms with van der Waals surface area (Å²) < 4.78 is 6.52. The molecule has 0 fully saturated rings. The molecule has 1 aromatic carbocycles. The second-order valence-corrected chi connectivity index (χ2v) is 6.30. The van der Waals surface area contributed by atoms with E-state index < -0.39 is 0 Å². The minimum atomic E-state index is -0.374. The predicted molar refractivity (Wildman–Crippen MR) is 88.2 cm³/mol. The number of hydrogen-bond acceptors (Lipinski definition) is 5. The molecule has 1 heterocycles. The van der Waals surface area contributed by atoms with Crippen LogP contribution in [-0.4, -0.2) is 33.8 Å². The fourth-order valence-electron chi connectivity index (χ4n) is 1.89. The number of rotatable bonds is 6.